The molecule has 1 saturated carbocycles. The molecule has 0 aliphatic heterocycles. The lowest BCUT2D eigenvalue weighted by atomic mass is 9.91. The summed E-state index contributed by atoms with van der Waals surface area (Å²) in [4.78, 5) is 29.7. The van der Waals surface area contributed by atoms with Crippen LogP contribution >= 0.6 is 24.0 Å². The molecule has 0 aromatic heterocycles. The van der Waals surface area contributed by atoms with Gasteiger partial charge in [0, 0.05) is 32.7 Å². The Morgan fingerprint density at radius 3 is 2.03 bits per heavy atom. The van der Waals surface area contributed by atoms with Crippen LogP contribution in [0.1, 0.15) is 60.3 Å². The molecule has 8 nitrogen and oxygen atoms in total. The molecule has 0 spiro atoms. The molecule has 0 atom stereocenters. The van der Waals surface area contributed by atoms with E-state index in [-0.39, 0.29) is 54.6 Å². The van der Waals surface area contributed by atoms with Crippen LogP contribution in [-0.2, 0) is 9.53 Å². The van der Waals surface area contributed by atoms with Crippen molar-refractivity contribution >= 4 is 41.9 Å². The van der Waals surface area contributed by atoms with Gasteiger partial charge in [0.05, 0.1) is 0 Å². The Kier molecular flexibility index (Phi) is 12.6. The maximum absolute atomic E-state index is 11.9. The maximum Gasteiger partial charge on any atom is 0.407 e. The number of amides is 2. The van der Waals surface area contributed by atoms with Gasteiger partial charge in [-0.3, -0.25) is 4.79 Å². The van der Waals surface area contributed by atoms with Gasteiger partial charge in [0.2, 0.25) is 5.91 Å². The lowest BCUT2D eigenvalue weighted by Gasteiger charge is -2.31. The van der Waals surface area contributed by atoms with E-state index in [9.17, 15) is 9.59 Å². The second-order valence-corrected chi connectivity index (χ2v) is 9.07. The predicted molar refractivity (Wildman–Crippen MR) is 128 cm³/mol. The molecule has 0 aromatic rings. The SMILES string of the molecule is CC(C)CNC(=NCC(=O)N(C)C)NC1CCC(NC(=O)OC(C)(C)C)CC1.I. The first kappa shape index (κ1) is 27.7. The summed E-state index contributed by atoms with van der Waals surface area (Å²) in [6, 6.07) is 0.400. The number of halogens is 1. The molecule has 0 saturated heterocycles. The molecule has 0 unspecified atom stereocenters. The lowest BCUT2D eigenvalue weighted by Crippen LogP contribution is -2.48. The van der Waals surface area contributed by atoms with Gasteiger partial charge in [0.1, 0.15) is 12.1 Å². The lowest BCUT2D eigenvalue weighted by molar-refractivity contribution is -0.127. The van der Waals surface area contributed by atoms with Crippen LogP contribution in [0, 0.1) is 5.92 Å². The Morgan fingerprint density at radius 1 is 1.07 bits per heavy atom. The van der Waals surface area contributed by atoms with E-state index in [0.29, 0.717) is 11.9 Å². The highest BCUT2D eigenvalue weighted by Gasteiger charge is 2.25. The Labute approximate surface area is 193 Å². The first-order valence-electron chi connectivity index (χ1n) is 10.2. The average molecular weight is 525 g/mol. The highest BCUT2D eigenvalue weighted by Crippen LogP contribution is 2.19. The van der Waals surface area contributed by atoms with Gasteiger partial charge in [-0.25, -0.2) is 9.79 Å². The van der Waals surface area contributed by atoms with Gasteiger partial charge >= 0.3 is 6.09 Å². The fraction of sp³-hybridized carbons (Fsp3) is 0.850. The van der Waals surface area contributed by atoms with Crippen LogP contribution in [-0.4, -0.2) is 67.7 Å². The van der Waals surface area contributed by atoms with Crippen molar-refractivity contribution in [2.75, 3.05) is 27.2 Å². The number of guanidine groups is 1. The number of aliphatic imine (C=N–C) groups is 1. The second kappa shape index (κ2) is 13.1. The zero-order valence-corrected chi connectivity index (χ0v) is 21.3. The van der Waals surface area contributed by atoms with Crippen molar-refractivity contribution in [2.45, 2.75) is 78.0 Å². The highest BCUT2D eigenvalue weighted by molar-refractivity contribution is 14.0. The largest absolute Gasteiger partial charge is 0.444 e. The van der Waals surface area contributed by atoms with Crippen LogP contribution in [0.3, 0.4) is 0 Å². The summed E-state index contributed by atoms with van der Waals surface area (Å²) in [7, 11) is 3.46. The molecule has 0 radical (unpaired) electrons. The van der Waals surface area contributed by atoms with Crippen molar-refractivity contribution in [1.82, 2.24) is 20.9 Å². The minimum absolute atomic E-state index is 0. The summed E-state index contributed by atoms with van der Waals surface area (Å²) < 4.78 is 5.33. The third-order valence-corrected chi connectivity index (χ3v) is 4.34. The Morgan fingerprint density at radius 2 is 1.59 bits per heavy atom. The number of carbonyl (C=O) groups excluding carboxylic acids is 2. The molecular formula is C20H40IN5O3. The van der Waals surface area contributed by atoms with Crippen LogP contribution in [0.2, 0.25) is 0 Å². The number of nitrogens with zero attached hydrogens (tertiary/aromatic N) is 2. The number of rotatable bonds is 6. The Balaban J connectivity index is 0.00000784. The van der Waals surface area contributed by atoms with Crippen LogP contribution in [0.15, 0.2) is 4.99 Å². The van der Waals surface area contributed by atoms with Gasteiger partial charge in [0.15, 0.2) is 5.96 Å². The fourth-order valence-corrected chi connectivity index (χ4v) is 2.79. The second-order valence-electron chi connectivity index (χ2n) is 9.07. The zero-order chi connectivity index (χ0) is 21.3. The van der Waals surface area contributed by atoms with Crippen LogP contribution in [0.25, 0.3) is 0 Å². The average Bonchev–Trinajstić information content (AvgIpc) is 2.56. The molecule has 0 aromatic carbocycles. The molecule has 0 heterocycles. The number of ether oxygens (including phenoxy) is 1. The molecule has 1 rings (SSSR count). The van der Waals surface area contributed by atoms with Gasteiger partial charge in [-0.05, 0) is 52.4 Å². The molecule has 0 bridgehead atoms. The molecule has 1 aliphatic rings. The first-order chi connectivity index (χ1) is 13.0. The Hall–Kier alpha value is -1.26. The van der Waals surface area contributed by atoms with E-state index in [1.165, 1.54) is 4.90 Å². The van der Waals surface area contributed by atoms with E-state index in [4.69, 9.17) is 4.74 Å². The normalized spacial score (nSPS) is 19.8. The number of alkyl carbamates (subject to hydrolysis) is 1. The van der Waals surface area contributed by atoms with Crippen LogP contribution < -0.4 is 16.0 Å². The first-order valence-corrected chi connectivity index (χ1v) is 10.2. The summed E-state index contributed by atoms with van der Waals surface area (Å²) in [6.07, 6.45) is 3.25. The zero-order valence-electron chi connectivity index (χ0n) is 19.0. The summed E-state index contributed by atoms with van der Waals surface area (Å²) in [5.41, 5.74) is -0.486. The van der Waals surface area contributed by atoms with E-state index in [1.807, 2.05) is 20.8 Å². The van der Waals surface area contributed by atoms with Crippen LogP contribution in [0.4, 0.5) is 4.79 Å². The van der Waals surface area contributed by atoms with E-state index in [2.05, 4.69) is 34.8 Å². The van der Waals surface area contributed by atoms with Gasteiger partial charge < -0.3 is 25.6 Å². The third-order valence-electron chi connectivity index (χ3n) is 4.34. The molecule has 9 heteroatoms. The van der Waals surface area contributed by atoms with E-state index in [0.717, 1.165) is 32.2 Å². The standard InChI is InChI=1S/C20H39N5O3.HI/c1-14(2)12-21-18(22-13-17(26)25(6)7)23-15-8-10-16(11-9-15)24-19(27)28-20(3,4)5;/h14-16H,8-13H2,1-7H3,(H,24,27)(H2,21,22,23);1H. The summed E-state index contributed by atoms with van der Waals surface area (Å²) in [6.45, 7) is 10.7. The quantitative estimate of drug-likeness (QED) is 0.282. The maximum atomic E-state index is 11.9. The molecular weight excluding hydrogens is 485 g/mol. The van der Waals surface area contributed by atoms with E-state index in [1.54, 1.807) is 14.1 Å². The topological polar surface area (TPSA) is 95.1 Å². The predicted octanol–water partition coefficient (Wildman–Crippen LogP) is 2.72. The molecule has 29 heavy (non-hydrogen) atoms. The van der Waals surface area contributed by atoms with E-state index >= 15 is 0 Å². The van der Waals surface area contributed by atoms with Crippen molar-refractivity contribution in [3.8, 4) is 0 Å². The van der Waals surface area contributed by atoms with Crippen molar-refractivity contribution in [3.05, 3.63) is 0 Å². The molecule has 1 aliphatic carbocycles. The van der Waals surface area contributed by atoms with Crippen LogP contribution in [0.5, 0.6) is 0 Å². The number of hydrogen-bond donors (Lipinski definition) is 3. The van der Waals surface area contributed by atoms with Gasteiger partial charge in [-0.1, -0.05) is 13.8 Å². The van der Waals surface area contributed by atoms with E-state index < -0.39 is 5.60 Å². The van der Waals surface area contributed by atoms with Gasteiger partial charge in [-0.2, -0.15) is 0 Å². The van der Waals surface area contributed by atoms with Gasteiger partial charge in [0.25, 0.3) is 0 Å². The monoisotopic (exact) mass is 525 g/mol. The number of hydrogen-bond acceptors (Lipinski definition) is 4. The van der Waals surface area contributed by atoms with Crippen molar-refractivity contribution < 1.29 is 14.3 Å². The smallest absolute Gasteiger partial charge is 0.407 e. The number of carbonyl (C=O) groups is 2. The minimum Gasteiger partial charge on any atom is -0.444 e. The molecule has 170 valence electrons. The summed E-state index contributed by atoms with van der Waals surface area (Å²) in [5.74, 6) is 1.12. The summed E-state index contributed by atoms with van der Waals surface area (Å²) >= 11 is 0. The molecule has 2 amide bonds. The third kappa shape index (κ3) is 12.8. The minimum atomic E-state index is -0.486. The van der Waals surface area contributed by atoms with Gasteiger partial charge in [-0.15, -0.1) is 24.0 Å². The fourth-order valence-electron chi connectivity index (χ4n) is 2.79. The highest BCUT2D eigenvalue weighted by atomic mass is 127. The number of likely N-dealkylation sites (N-methyl/N-ethyl adjacent to an activating group) is 1. The summed E-state index contributed by atoms with van der Waals surface area (Å²) in [5, 5.41) is 9.71. The molecule has 3 N–H and O–H groups in total. The van der Waals surface area contributed by atoms with Crippen molar-refractivity contribution in [2.24, 2.45) is 10.9 Å². The number of nitrogens with one attached hydrogen (secondary N) is 3. The van der Waals surface area contributed by atoms with Crippen molar-refractivity contribution in [1.29, 1.82) is 0 Å². The van der Waals surface area contributed by atoms with Crippen molar-refractivity contribution in [3.63, 3.8) is 0 Å². The molecule has 1 fully saturated rings. The Bertz CT molecular complexity index is 539.